The summed E-state index contributed by atoms with van der Waals surface area (Å²) in [6, 6.07) is 18.1. The second-order valence-electron chi connectivity index (χ2n) is 8.14. The van der Waals surface area contributed by atoms with E-state index in [2.05, 4.69) is 20.6 Å². The number of para-hydroxylation sites is 1. The number of H-pyrrole nitrogens is 1. The number of carbonyl (C=O) groups is 2. The van der Waals surface area contributed by atoms with Crippen molar-refractivity contribution in [2.75, 3.05) is 13.7 Å². The maximum Gasteiger partial charge on any atom is 0.252 e. The highest BCUT2D eigenvalue weighted by Gasteiger charge is 2.23. The summed E-state index contributed by atoms with van der Waals surface area (Å²) in [6.07, 6.45) is 4.58. The summed E-state index contributed by atoms with van der Waals surface area (Å²) in [5.74, 6) is 0.0531. The van der Waals surface area contributed by atoms with Gasteiger partial charge in [-0.3, -0.25) is 14.6 Å². The molecule has 4 rings (SSSR count). The molecule has 0 saturated heterocycles. The molecule has 2 aromatic heterocycles. The standard InChI is InChI=1S/C27H28N4O3/c1-18-10-11-19(16-25(18)34-2)26(32)31-24(15-20-17-30-23-9-4-3-8-22(20)23)27(33)29-14-12-21-7-5-6-13-28-21/h3-11,13,16-17,24,30H,12,14-15H2,1-2H3,(H,29,33)(H,31,32)/t24-/m1/s1. The number of aryl methyl sites for hydroxylation is 1. The largest absolute Gasteiger partial charge is 0.496 e. The SMILES string of the molecule is COc1cc(C(=O)N[C@H](Cc2c[nH]c3ccccc23)C(=O)NCCc2ccccn2)ccc1C. The minimum atomic E-state index is -0.747. The number of rotatable bonds is 9. The van der Waals surface area contributed by atoms with E-state index >= 15 is 0 Å². The molecule has 0 bridgehead atoms. The molecule has 7 nitrogen and oxygen atoms in total. The van der Waals surface area contributed by atoms with E-state index in [1.165, 1.54) is 0 Å². The number of benzene rings is 2. The van der Waals surface area contributed by atoms with Crippen molar-refractivity contribution in [2.24, 2.45) is 0 Å². The molecule has 0 fully saturated rings. The van der Waals surface area contributed by atoms with Gasteiger partial charge >= 0.3 is 0 Å². The zero-order chi connectivity index (χ0) is 23.9. The topological polar surface area (TPSA) is 96.1 Å². The molecular weight excluding hydrogens is 428 g/mol. The molecule has 7 heteroatoms. The highest BCUT2D eigenvalue weighted by Crippen LogP contribution is 2.21. The van der Waals surface area contributed by atoms with Crippen LogP contribution in [-0.2, 0) is 17.6 Å². The van der Waals surface area contributed by atoms with Crippen LogP contribution in [0, 0.1) is 6.92 Å². The number of hydrogen-bond acceptors (Lipinski definition) is 4. The third kappa shape index (κ3) is 5.43. The van der Waals surface area contributed by atoms with Gasteiger partial charge < -0.3 is 20.4 Å². The molecule has 0 aliphatic carbocycles. The average Bonchev–Trinajstić information content (AvgIpc) is 3.27. The van der Waals surface area contributed by atoms with Crippen LogP contribution in [0.4, 0.5) is 0 Å². The van der Waals surface area contributed by atoms with Crippen LogP contribution in [0.25, 0.3) is 10.9 Å². The van der Waals surface area contributed by atoms with Crippen LogP contribution in [0.5, 0.6) is 5.75 Å². The lowest BCUT2D eigenvalue weighted by Crippen LogP contribution is -2.48. The number of ether oxygens (including phenoxy) is 1. The zero-order valence-corrected chi connectivity index (χ0v) is 19.3. The lowest BCUT2D eigenvalue weighted by molar-refractivity contribution is -0.122. The first-order chi connectivity index (χ1) is 16.5. The van der Waals surface area contributed by atoms with Crippen LogP contribution < -0.4 is 15.4 Å². The normalized spacial score (nSPS) is 11.7. The van der Waals surface area contributed by atoms with E-state index < -0.39 is 6.04 Å². The number of pyridine rings is 1. The first-order valence-corrected chi connectivity index (χ1v) is 11.2. The molecular formula is C27H28N4O3. The maximum atomic E-state index is 13.2. The fourth-order valence-electron chi connectivity index (χ4n) is 3.92. The predicted molar refractivity (Wildman–Crippen MR) is 132 cm³/mol. The summed E-state index contributed by atoms with van der Waals surface area (Å²) in [4.78, 5) is 33.7. The van der Waals surface area contributed by atoms with Crippen LogP contribution in [0.15, 0.2) is 73.1 Å². The maximum absolute atomic E-state index is 13.2. The van der Waals surface area contributed by atoms with E-state index in [1.807, 2.05) is 61.7 Å². The number of methoxy groups -OCH3 is 1. The minimum Gasteiger partial charge on any atom is -0.496 e. The highest BCUT2D eigenvalue weighted by atomic mass is 16.5. The summed E-state index contributed by atoms with van der Waals surface area (Å²) in [6.45, 7) is 2.34. The Hall–Kier alpha value is -4.13. The predicted octanol–water partition coefficient (Wildman–Crippen LogP) is 3.58. The number of aromatic nitrogens is 2. The molecule has 2 aromatic carbocycles. The van der Waals surface area contributed by atoms with Gasteiger partial charge in [-0.2, -0.15) is 0 Å². The van der Waals surface area contributed by atoms with Crippen molar-refractivity contribution >= 4 is 22.7 Å². The van der Waals surface area contributed by atoms with Crippen LogP contribution in [-0.4, -0.2) is 41.5 Å². The Kier molecular flexibility index (Phi) is 7.22. The van der Waals surface area contributed by atoms with Crippen molar-refractivity contribution in [3.63, 3.8) is 0 Å². The third-order valence-electron chi connectivity index (χ3n) is 5.80. The van der Waals surface area contributed by atoms with E-state index in [9.17, 15) is 9.59 Å². The molecule has 174 valence electrons. The van der Waals surface area contributed by atoms with E-state index in [1.54, 1.807) is 25.4 Å². The van der Waals surface area contributed by atoms with Gasteiger partial charge in [0.2, 0.25) is 5.91 Å². The van der Waals surface area contributed by atoms with Crippen LogP contribution in [0.2, 0.25) is 0 Å². The Morgan fingerprint density at radius 3 is 2.71 bits per heavy atom. The molecule has 0 saturated carbocycles. The van der Waals surface area contributed by atoms with Gasteiger partial charge in [0.05, 0.1) is 7.11 Å². The number of fused-ring (bicyclic) bond motifs is 1. The monoisotopic (exact) mass is 456 g/mol. The van der Waals surface area contributed by atoms with E-state index in [4.69, 9.17) is 4.74 Å². The number of carbonyl (C=O) groups excluding carboxylic acids is 2. The molecule has 0 spiro atoms. The highest BCUT2D eigenvalue weighted by molar-refractivity contribution is 5.98. The Morgan fingerprint density at radius 2 is 1.91 bits per heavy atom. The van der Waals surface area contributed by atoms with Crippen molar-refractivity contribution in [2.45, 2.75) is 25.8 Å². The average molecular weight is 457 g/mol. The smallest absolute Gasteiger partial charge is 0.252 e. The van der Waals surface area contributed by atoms with Crippen molar-refractivity contribution in [3.8, 4) is 5.75 Å². The van der Waals surface area contributed by atoms with Crippen molar-refractivity contribution in [1.29, 1.82) is 0 Å². The van der Waals surface area contributed by atoms with Gasteiger partial charge in [0.25, 0.3) is 5.91 Å². The Balaban J connectivity index is 1.51. The second-order valence-corrected chi connectivity index (χ2v) is 8.14. The van der Waals surface area contributed by atoms with E-state index in [-0.39, 0.29) is 11.8 Å². The van der Waals surface area contributed by atoms with E-state index in [0.29, 0.717) is 30.7 Å². The van der Waals surface area contributed by atoms with Crippen molar-refractivity contribution in [3.05, 3.63) is 95.4 Å². The van der Waals surface area contributed by atoms with Crippen LogP contribution >= 0.6 is 0 Å². The lowest BCUT2D eigenvalue weighted by Gasteiger charge is -2.19. The molecule has 3 N–H and O–H groups in total. The molecule has 2 amide bonds. The van der Waals surface area contributed by atoms with Crippen molar-refractivity contribution < 1.29 is 14.3 Å². The molecule has 2 heterocycles. The van der Waals surface area contributed by atoms with Gasteiger partial charge in [-0.15, -0.1) is 0 Å². The van der Waals surface area contributed by atoms with Crippen molar-refractivity contribution in [1.82, 2.24) is 20.6 Å². The molecule has 0 aliphatic heterocycles. The number of nitrogens with zero attached hydrogens (tertiary/aromatic N) is 1. The van der Waals surface area contributed by atoms with Gasteiger partial charge in [-0.05, 0) is 48.4 Å². The zero-order valence-electron chi connectivity index (χ0n) is 19.3. The lowest BCUT2D eigenvalue weighted by atomic mass is 10.0. The number of nitrogens with one attached hydrogen (secondary N) is 3. The molecule has 4 aromatic rings. The summed E-state index contributed by atoms with van der Waals surface area (Å²) >= 11 is 0. The van der Waals surface area contributed by atoms with Gasteiger partial charge in [-0.1, -0.05) is 30.3 Å². The second kappa shape index (κ2) is 10.7. The van der Waals surface area contributed by atoms with Gasteiger partial charge in [0.1, 0.15) is 11.8 Å². The molecule has 34 heavy (non-hydrogen) atoms. The number of amides is 2. The summed E-state index contributed by atoms with van der Waals surface area (Å²) < 4.78 is 5.35. The summed E-state index contributed by atoms with van der Waals surface area (Å²) in [5, 5.41) is 6.90. The fraction of sp³-hybridized carbons (Fsp3) is 0.222. The molecule has 0 radical (unpaired) electrons. The fourth-order valence-corrected chi connectivity index (χ4v) is 3.92. The first-order valence-electron chi connectivity index (χ1n) is 11.2. The minimum absolute atomic E-state index is 0.242. The Bertz CT molecular complexity index is 1280. The molecule has 0 unspecified atom stereocenters. The van der Waals surface area contributed by atoms with Gasteiger partial charge in [0.15, 0.2) is 0 Å². The number of aromatic amines is 1. The quantitative estimate of drug-likeness (QED) is 0.359. The Labute approximate surface area is 198 Å². The van der Waals surface area contributed by atoms with Crippen LogP contribution in [0.3, 0.4) is 0 Å². The summed E-state index contributed by atoms with van der Waals surface area (Å²) in [7, 11) is 1.57. The third-order valence-corrected chi connectivity index (χ3v) is 5.80. The molecule has 0 aliphatic rings. The summed E-state index contributed by atoms with van der Waals surface area (Å²) in [5.41, 5.74) is 4.21. The number of hydrogen-bond donors (Lipinski definition) is 3. The van der Waals surface area contributed by atoms with Gasteiger partial charge in [-0.25, -0.2) is 0 Å². The van der Waals surface area contributed by atoms with Gasteiger partial charge in [0, 0.05) is 53.9 Å². The molecule has 1 atom stereocenters. The van der Waals surface area contributed by atoms with Crippen LogP contribution in [0.1, 0.15) is 27.2 Å². The van der Waals surface area contributed by atoms with E-state index in [0.717, 1.165) is 27.7 Å². The Morgan fingerprint density at radius 1 is 1.09 bits per heavy atom. The first kappa shape index (κ1) is 23.0.